The minimum Gasteiger partial charge on any atom is -0.103 e. The van der Waals surface area contributed by atoms with E-state index in [0.717, 1.165) is 0 Å². The highest BCUT2D eigenvalue weighted by molar-refractivity contribution is 9.09. The molecule has 0 amide bonds. The fraction of sp³-hybridized carbons (Fsp3) is 0.310. The molecule has 3 aromatic carbocycles. The Morgan fingerprint density at radius 2 is 0.903 bits per heavy atom. The van der Waals surface area contributed by atoms with Crippen molar-refractivity contribution in [2.75, 3.05) is 5.33 Å². The van der Waals surface area contributed by atoms with E-state index in [9.17, 15) is 0 Å². The van der Waals surface area contributed by atoms with Crippen LogP contribution in [0.25, 0.3) is 0 Å². The van der Waals surface area contributed by atoms with Gasteiger partial charge in [-0.2, -0.15) is 0 Å². The average Bonchev–Trinajstić information content (AvgIpc) is 2.84. The molecule has 0 bridgehead atoms. The summed E-state index contributed by atoms with van der Waals surface area (Å²) < 4.78 is 0. The molecule has 164 valence electrons. The Bertz CT molecular complexity index is 708. The molecule has 0 aliphatic rings. The zero-order chi connectivity index (χ0) is 22.0. The van der Waals surface area contributed by atoms with E-state index in [4.69, 9.17) is 0 Å². The lowest BCUT2D eigenvalue weighted by Gasteiger charge is -2.18. The molecule has 0 fully saturated rings. The molecule has 0 aromatic heterocycles. The van der Waals surface area contributed by atoms with E-state index in [-0.39, 0.29) is 0 Å². The fourth-order valence-corrected chi connectivity index (χ4v) is 6.15. The SMILES string of the molecule is C=CCCCCCCCCCBr.c1ccc(P(c2ccccc2)c2ccccc2)cc1. The molecule has 0 saturated carbocycles. The molecule has 0 aliphatic carbocycles. The van der Waals surface area contributed by atoms with Crippen LogP contribution in [0.3, 0.4) is 0 Å². The fourth-order valence-electron chi connectivity index (χ4n) is 3.45. The van der Waals surface area contributed by atoms with Gasteiger partial charge in [-0.3, -0.25) is 0 Å². The lowest BCUT2D eigenvalue weighted by atomic mass is 10.1. The van der Waals surface area contributed by atoms with Crippen molar-refractivity contribution in [1.29, 1.82) is 0 Å². The zero-order valence-corrected chi connectivity index (χ0v) is 21.1. The second-order valence-electron chi connectivity index (χ2n) is 7.58. The number of benzene rings is 3. The van der Waals surface area contributed by atoms with Crippen LogP contribution in [0, 0.1) is 0 Å². The van der Waals surface area contributed by atoms with Crippen LogP contribution in [0.5, 0.6) is 0 Å². The first-order chi connectivity index (χ1) is 15.4. The van der Waals surface area contributed by atoms with Gasteiger partial charge in [0.1, 0.15) is 0 Å². The predicted molar refractivity (Wildman–Crippen MR) is 146 cm³/mol. The Morgan fingerprint density at radius 3 is 1.26 bits per heavy atom. The summed E-state index contributed by atoms with van der Waals surface area (Å²) in [5.41, 5.74) is 0. The van der Waals surface area contributed by atoms with Crippen molar-refractivity contribution in [2.45, 2.75) is 51.4 Å². The van der Waals surface area contributed by atoms with Gasteiger partial charge in [0.2, 0.25) is 0 Å². The topological polar surface area (TPSA) is 0 Å². The Kier molecular flexibility index (Phi) is 14.0. The van der Waals surface area contributed by atoms with Crippen molar-refractivity contribution in [3.05, 3.63) is 104 Å². The number of unbranched alkanes of at least 4 members (excludes halogenated alkanes) is 7. The van der Waals surface area contributed by atoms with Crippen molar-refractivity contribution in [3.63, 3.8) is 0 Å². The van der Waals surface area contributed by atoms with Crippen molar-refractivity contribution in [1.82, 2.24) is 0 Å². The van der Waals surface area contributed by atoms with E-state index >= 15 is 0 Å². The molecular weight excluding hydrogens is 459 g/mol. The average molecular weight is 495 g/mol. The van der Waals surface area contributed by atoms with Crippen LogP contribution in [0.1, 0.15) is 51.4 Å². The zero-order valence-electron chi connectivity index (χ0n) is 18.6. The smallest absolute Gasteiger partial charge is 0.00313 e. The first kappa shape index (κ1) is 25.6. The van der Waals surface area contributed by atoms with Crippen LogP contribution in [0.4, 0.5) is 0 Å². The van der Waals surface area contributed by atoms with Gasteiger partial charge in [-0.05, 0) is 43.1 Å². The summed E-state index contributed by atoms with van der Waals surface area (Å²) in [5, 5.41) is 5.36. The highest BCUT2D eigenvalue weighted by Crippen LogP contribution is 2.32. The number of alkyl halides is 1. The predicted octanol–water partition coefficient (Wildman–Crippen LogP) is 8.13. The highest BCUT2D eigenvalue weighted by atomic mass is 79.9. The lowest BCUT2D eigenvalue weighted by Crippen LogP contribution is -2.20. The van der Waals surface area contributed by atoms with Crippen LogP contribution < -0.4 is 15.9 Å². The van der Waals surface area contributed by atoms with Gasteiger partial charge in [-0.25, -0.2) is 0 Å². The molecule has 31 heavy (non-hydrogen) atoms. The quantitative estimate of drug-likeness (QED) is 0.103. The van der Waals surface area contributed by atoms with Gasteiger partial charge >= 0.3 is 0 Å². The van der Waals surface area contributed by atoms with Crippen LogP contribution in [0.15, 0.2) is 104 Å². The van der Waals surface area contributed by atoms with Gasteiger partial charge in [-0.1, -0.05) is 145 Å². The lowest BCUT2D eigenvalue weighted by molar-refractivity contribution is 0.594. The first-order valence-electron chi connectivity index (χ1n) is 11.5. The second-order valence-corrected chi connectivity index (χ2v) is 10.6. The monoisotopic (exact) mass is 494 g/mol. The number of rotatable bonds is 12. The van der Waals surface area contributed by atoms with Crippen molar-refractivity contribution in [3.8, 4) is 0 Å². The standard InChI is InChI=1S/C18H15P.C11H21Br/c1-4-10-16(11-5-1)19(17-12-6-2-7-13-17)18-14-8-3-9-15-18;1-2-3-4-5-6-7-8-9-10-11-12/h1-15H;2H,1,3-11H2. The van der Waals surface area contributed by atoms with Crippen LogP contribution in [-0.2, 0) is 0 Å². The largest absolute Gasteiger partial charge is 0.103 e. The molecule has 0 radical (unpaired) electrons. The molecular formula is C29H36BrP. The summed E-state index contributed by atoms with van der Waals surface area (Å²) in [6, 6.07) is 32.3. The molecule has 0 spiro atoms. The summed E-state index contributed by atoms with van der Waals surface area (Å²) in [5.74, 6) is 0. The molecule has 3 rings (SSSR count). The molecule has 0 aliphatic heterocycles. The van der Waals surface area contributed by atoms with Crippen molar-refractivity contribution < 1.29 is 0 Å². The second kappa shape index (κ2) is 16.9. The molecule has 0 N–H and O–H groups in total. The third kappa shape index (κ3) is 10.4. The van der Waals surface area contributed by atoms with E-state index in [1.165, 1.54) is 72.6 Å². The number of allylic oxidation sites excluding steroid dienone is 1. The third-order valence-corrected chi connectivity index (χ3v) is 8.09. The number of halogens is 1. The molecule has 2 heteroatoms. The van der Waals surface area contributed by atoms with Crippen LogP contribution in [-0.4, -0.2) is 5.33 Å². The number of hydrogen-bond acceptors (Lipinski definition) is 0. The van der Waals surface area contributed by atoms with Gasteiger partial charge in [0.15, 0.2) is 0 Å². The highest BCUT2D eigenvalue weighted by Gasteiger charge is 2.14. The van der Waals surface area contributed by atoms with Crippen molar-refractivity contribution >= 4 is 39.8 Å². The minimum atomic E-state index is -0.446. The van der Waals surface area contributed by atoms with Crippen molar-refractivity contribution in [2.24, 2.45) is 0 Å². The van der Waals surface area contributed by atoms with Gasteiger partial charge < -0.3 is 0 Å². The van der Waals surface area contributed by atoms with Gasteiger partial charge in [0.25, 0.3) is 0 Å². The van der Waals surface area contributed by atoms with Crippen LogP contribution >= 0.6 is 23.9 Å². The maximum Gasteiger partial charge on any atom is 0.00313 e. The summed E-state index contributed by atoms with van der Waals surface area (Å²) in [4.78, 5) is 0. The van der Waals surface area contributed by atoms with E-state index in [1.54, 1.807) is 0 Å². The van der Waals surface area contributed by atoms with Crippen LogP contribution in [0.2, 0.25) is 0 Å². The van der Waals surface area contributed by atoms with Gasteiger partial charge in [-0.15, -0.1) is 6.58 Å². The Labute approximate surface area is 199 Å². The Morgan fingerprint density at radius 1 is 0.548 bits per heavy atom. The first-order valence-corrected chi connectivity index (χ1v) is 13.9. The van der Waals surface area contributed by atoms with Gasteiger partial charge in [0.05, 0.1) is 0 Å². The Balaban J connectivity index is 0.000000248. The molecule has 0 atom stereocenters. The molecule has 0 heterocycles. The maximum absolute atomic E-state index is 3.71. The summed E-state index contributed by atoms with van der Waals surface area (Å²) in [6.45, 7) is 3.71. The van der Waals surface area contributed by atoms with Gasteiger partial charge in [0, 0.05) is 5.33 Å². The normalized spacial score (nSPS) is 10.4. The molecule has 0 nitrogen and oxygen atoms in total. The molecule has 3 aromatic rings. The molecule has 0 saturated heterocycles. The van der Waals surface area contributed by atoms with E-state index in [2.05, 4.69) is 114 Å². The minimum absolute atomic E-state index is 0.446. The third-order valence-electron chi connectivity index (χ3n) is 5.09. The molecule has 0 unspecified atom stereocenters. The van der Waals surface area contributed by atoms with E-state index < -0.39 is 7.92 Å². The summed E-state index contributed by atoms with van der Waals surface area (Å²) in [7, 11) is -0.446. The summed E-state index contributed by atoms with van der Waals surface area (Å²) in [6.07, 6.45) is 12.9. The maximum atomic E-state index is 3.71. The number of hydrogen-bond donors (Lipinski definition) is 0. The summed E-state index contributed by atoms with van der Waals surface area (Å²) >= 11 is 3.44. The Hall–Kier alpha value is -1.69. The van der Waals surface area contributed by atoms with E-state index in [1.807, 2.05) is 6.08 Å². The van der Waals surface area contributed by atoms with E-state index in [0.29, 0.717) is 0 Å².